The highest BCUT2D eigenvalue weighted by molar-refractivity contribution is 6.35. The Bertz CT molecular complexity index is 469. The van der Waals surface area contributed by atoms with Crippen LogP contribution in [0.15, 0.2) is 18.2 Å². The summed E-state index contributed by atoms with van der Waals surface area (Å²) in [5.41, 5.74) is 0.430. The third-order valence-electron chi connectivity index (χ3n) is 3.69. The monoisotopic (exact) mass is 300 g/mol. The van der Waals surface area contributed by atoms with Crippen molar-refractivity contribution in [1.29, 1.82) is 0 Å². The summed E-state index contributed by atoms with van der Waals surface area (Å²) in [5.74, 6) is 0.276. The molecule has 5 heteroatoms. The highest BCUT2D eigenvalue weighted by Crippen LogP contribution is 2.22. The molecule has 3 unspecified atom stereocenters. The number of carbonyl (C=O) groups excluding carboxylic acids is 1. The zero-order valence-corrected chi connectivity index (χ0v) is 12.6. The average molecular weight is 301 g/mol. The van der Waals surface area contributed by atoms with Crippen molar-refractivity contribution in [1.82, 2.24) is 10.6 Å². The minimum atomic E-state index is -0.167. The lowest BCUT2D eigenvalue weighted by Gasteiger charge is -2.36. The molecule has 0 bridgehead atoms. The maximum atomic E-state index is 12.3. The molecule has 0 aliphatic carbocycles. The van der Waals surface area contributed by atoms with Gasteiger partial charge < -0.3 is 10.6 Å². The molecule has 3 nitrogen and oxygen atoms in total. The zero-order valence-electron chi connectivity index (χ0n) is 11.0. The number of hydrogen-bond acceptors (Lipinski definition) is 2. The van der Waals surface area contributed by atoms with Crippen LogP contribution in [0.3, 0.4) is 0 Å². The van der Waals surface area contributed by atoms with Gasteiger partial charge in [-0.1, -0.05) is 30.1 Å². The summed E-state index contributed by atoms with van der Waals surface area (Å²) in [6, 6.07) is 5.28. The van der Waals surface area contributed by atoms with Crippen LogP contribution in [0.5, 0.6) is 0 Å². The Hall–Kier alpha value is -0.770. The summed E-state index contributed by atoms with van der Waals surface area (Å²) in [6.07, 6.45) is 1.05. The van der Waals surface area contributed by atoms with Crippen LogP contribution in [-0.4, -0.2) is 24.5 Å². The molecule has 1 fully saturated rings. The van der Waals surface area contributed by atoms with Crippen LogP contribution in [-0.2, 0) is 0 Å². The van der Waals surface area contributed by atoms with Gasteiger partial charge in [0.1, 0.15) is 0 Å². The zero-order chi connectivity index (χ0) is 14.0. The Morgan fingerprint density at radius 2 is 2.11 bits per heavy atom. The lowest BCUT2D eigenvalue weighted by molar-refractivity contribution is 0.0898. The first kappa shape index (κ1) is 14.6. The predicted octanol–water partition coefficient (Wildman–Crippen LogP) is 3.11. The third kappa shape index (κ3) is 3.41. The standard InChI is InChI=1S/C14H18Cl2N2O/c1-8-5-6-17-9(2)13(8)18-14(19)11-7-10(15)3-4-12(11)16/h3-4,7-9,13,17H,5-6H2,1-2H3,(H,18,19). The molecule has 2 rings (SSSR count). The van der Waals surface area contributed by atoms with Crippen LogP contribution < -0.4 is 10.6 Å². The van der Waals surface area contributed by atoms with Crippen molar-refractivity contribution in [2.75, 3.05) is 6.54 Å². The number of halogens is 2. The summed E-state index contributed by atoms with van der Waals surface area (Å²) in [7, 11) is 0. The number of amides is 1. The van der Waals surface area contributed by atoms with Gasteiger partial charge in [-0.3, -0.25) is 4.79 Å². The minimum Gasteiger partial charge on any atom is -0.347 e. The molecule has 1 saturated heterocycles. The van der Waals surface area contributed by atoms with E-state index in [0.29, 0.717) is 21.5 Å². The minimum absolute atomic E-state index is 0.108. The first-order valence-corrected chi connectivity index (χ1v) is 7.24. The van der Waals surface area contributed by atoms with E-state index in [1.807, 2.05) is 0 Å². The Balaban J connectivity index is 2.14. The second kappa shape index (κ2) is 6.12. The molecule has 104 valence electrons. The van der Waals surface area contributed by atoms with Crippen molar-refractivity contribution >= 4 is 29.1 Å². The summed E-state index contributed by atoms with van der Waals surface area (Å²) < 4.78 is 0. The molecule has 0 aromatic heterocycles. The number of benzene rings is 1. The van der Waals surface area contributed by atoms with Crippen LogP contribution in [0.2, 0.25) is 10.0 Å². The Labute approximate surface area is 123 Å². The molecule has 0 saturated carbocycles. The van der Waals surface area contributed by atoms with Crippen LogP contribution in [0, 0.1) is 5.92 Å². The van der Waals surface area contributed by atoms with Crippen molar-refractivity contribution < 1.29 is 4.79 Å². The van der Waals surface area contributed by atoms with Gasteiger partial charge in [0.15, 0.2) is 0 Å². The molecular formula is C14H18Cl2N2O. The van der Waals surface area contributed by atoms with E-state index in [2.05, 4.69) is 24.5 Å². The summed E-state index contributed by atoms with van der Waals surface area (Å²) in [4.78, 5) is 12.3. The summed E-state index contributed by atoms with van der Waals surface area (Å²) in [5, 5.41) is 7.36. The maximum Gasteiger partial charge on any atom is 0.253 e. The third-order valence-corrected chi connectivity index (χ3v) is 4.25. The van der Waals surface area contributed by atoms with E-state index >= 15 is 0 Å². The highest BCUT2D eigenvalue weighted by Gasteiger charge is 2.29. The molecule has 1 heterocycles. The van der Waals surface area contributed by atoms with Crippen molar-refractivity contribution in [3.05, 3.63) is 33.8 Å². The first-order valence-electron chi connectivity index (χ1n) is 6.48. The molecule has 1 aromatic rings. The lowest BCUT2D eigenvalue weighted by atomic mass is 9.89. The predicted molar refractivity (Wildman–Crippen MR) is 79.0 cm³/mol. The number of hydrogen-bond donors (Lipinski definition) is 2. The molecule has 0 radical (unpaired) electrons. The molecule has 0 spiro atoms. The fourth-order valence-corrected chi connectivity index (χ4v) is 2.88. The van der Waals surface area contributed by atoms with Gasteiger partial charge in [0.25, 0.3) is 5.91 Å². The van der Waals surface area contributed by atoms with Crippen LogP contribution in [0.1, 0.15) is 30.6 Å². The average Bonchev–Trinajstić information content (AvgIpc) is 2.37. The quantitative estimate of drug-likeness (QED) is 0.881. The first-order chi connectivity index (χ1) is 8.99. The number of nitrogens with one attached hydrogen (secondary N) is 2. The van der Waals surface area contributed by atoms with E-state index in [4.69, 9.17) is 23.2 Å². The van der Waals surface area contributed by atoms with Gasteiger partial charge in [-0.2, -0.15) is 0 Å². The number of rotatable bonds is 2. The molecule has 1 aromatic carbocycles. The second-order valence-electron chi connectivity index (χ2n) is 5.13. The Kier molecular flexibility index (Phi) is 4.71. The van der Waals surface area contributed by atoms with Gasteiger partial charge >= 0.3 is 0 Å². The highest BCUT2D eigenvalue weighted by atomic mass is 35.5. The van der Waals surface area contributed by atoms with Gasteiger partial charge in [-0.05, 0) is 44.0 Å². The topological polar surface area (TPSA) is 41.1 Å². The second-order valence-corrected chi connectivity index (χ2v) is 5.98. The van der Waals surface area contributed by atoms with Crippen LogP contribution >= 0.6 is 23.2 Å². The summed E-state index contributed by atoms with van der Waals surface area (Å²) >= 11 is 12.0. The van der Waals surface area contributed by atoms with E-state index in [-0.39, 0.29) is 18.0 Å². The molecule has 1 amide bonds. The smallest absolute Gasteiger partial charge is 0.253 e. The van der Waals surface area contributed by atoms with Gasteiger partial charge in [0.05, 0.1) is 10.6 Å². The summed E-state index contributed by atoms with van der Waals surface area (Å²) in [6.45, 7) is 5.23. The fourth-order valence-electron chi connectivity index (χ4n) is 2.51. The molecule has 19 heavy (non-hydrogen) atoms. The van der Waals surface area contributed by atoms with Crippen LogP contribution in [0.25, 0.3) is 0 Å². The van der Waals surface area contributed by atoms with E-state index in [1.54, 1.807) is 18.2 Å². The number of piperidine rings is 1. The van der Waals surface area contributed by atoms with Gasteiger partial charge in [-0.25, -0.2) is 0 Å². The number of carbonyl (C=O) groups is 1. The molecule has 1 aliphatic heterocycles. The normalized spacial score (nSPS) is 27.1. The van der Waals surface area contributed by atoms with Crippen LogP contribution in [0.4, 0.5) is 0 Å². The molecule has 3 atom stereocenters. The van der Waals surface area contributed by atoms with Crippen molar-refractivity contribution in [2.45, 2.75) is 32.4 Å². The van der Waals surface area contributed by atoms with Gasteiger partial charge in [0.2, 0.25) is 0 Å². The van der Waals surface area contributed by atoms with Crippen molar-refractivity contribution in [3.8, 4) is 0 Å². The molecule has 2 N–H and O–H groups in total. The van der Waals surface area contributed by atoms with Crippen molar-refractivity contribution in [3.63, 3.8) is 0 Å². The maximum absolute atomic E-state index is 12.3. The largest absolute Gasteiger partial charge is 0.347 e. The SMILES string of the molecule is CC1CCNC(C)C1NC(=O)c1cc(Cl)ccc1Cl. The van der Waals surface area contributed by atoms with E-state index in [1.165, 1.54) is 0 Å². The fraction of sp³-hybridized carbons (Fsp3) is 0.500. The molecule has 1 aliphatic rings. The van der Waals surface area contributed by atoms with E-state index < -0.39 is 0 Å². The van der Waals surface area contributed by atoms with Gasteiger partial charge in [-0.15, -0.1) is 0 Å². The lowest BCUT2D eigenvalue weighted by Crippen LogP contribution is -2.55. The molecular weight excluding hydrogens is 283 g/mol. The van der Waals surface area contributed by atoms with Crippen molar-refractivity contribution in [2.24, 2.45) is 5.92 Å². The van der Waals surface area contributed by atoms with Gasteiger partial charge in [0, 0.05) is 17.1 Å². The van der Waals surface area contributed by atoms with E-state index in [9.17, 15) is 4.79 Å². The van der Waals surface area contributed by atoms with E-state index in [0.717, 1.165) is 13.0 Å². The Morgan fingerprint density at radius 3 is 2.79 bits per heavy atom. The Morgan fingerprint density at radius 1 is 1.37 bits per heavy atom.